The van der Waals surface area contributed by atoms with Crippen LogP contribution in [0.5, 0.6) is 0 Å². The Morgan fingerprint density at radius 3 is 2.38 bits per heavy atom. The van der Waals surface area contributed by atoms with E-state index in [9.17, 15) is 14.9 Å². The Balaban J connectivity index is 1.73. The Kier molecular flexibility index (Phi) is 5.24. The number of hydrogen-bond donors (Lipinski definition) is 1. The van der Waals surface area contributed by atoms with Gasteiger partial charge in [-0.3, -0.25) is 14.9 Å². The molecule has 1 N–H and O–H groups in total. The highest BCUT2D eigenvalue weighted by Gasteiger charge is 2.18. The molecule has 0 saturated heterocycles. The summed E-state index contributed by atoms with van der Waals surface area (Å²) in [5.41, 5.74) is 1.60. The van der Waals surface area contributed by atoms with E-state index in [1.54, 1.807) is 36.6 Å². The molecule has 0 bridgehead atoms. The second-order valence-electron chi connectivity index (χ2n) is 5.55. The lowest BCUT2D eigenvalue weighted by Crippen LogP contribution is -2.27. The fourth-order valence-corrected chi connectivity index (χ4v) is 2.49. The molecule has 1 aromatic heterocycles. The van der Waals surface area contributed by atoms with Crippen molar-refractivity contribution in [1.82, 2.24) is 5.32 Å². The smallest absolute Gasteiger partial charge is 0.269 e. The van der Waals surface area contributed by atoms with Gasteiger partial charge >= 0.3 is 0 Å². The number of carbonyl (C=O) groups is 1. The lowest BCUT2D eigenvalue weighted by Gasteiger charge is -2.16. The van der Waals surface area contributed by atoms with Crippen molar-refractivity contribution in [2.45, 2.75) is 6.04 Å². The van der Waals surface area contributed by atoms with Gasteiger partial charge in [0.25, 0.3) is 5.69 Å². The summed E-state index contributed by atoms with van der Waals surface area (Å²) in [4.78, 5) is 22.5. The van der Waals surface area contributed by atoms with Crippen LogP contribution in [0.1, 0.15) is 22.9 Å². The first-order valence-electron chi connectivity index (χ1n) is 7.95. The minimum atomic E-state index is -0.464. The summed E-state index contributed by atoms with van der Waals surface area (Å²) in [5, 5.41) is 13.6. The quantitative estimate of drug-likeness (QED) is 0.413. The molecule has 2 aromatic carbocycles. The van der Waals surface area contributed by atoms with Crippen LogP contribution in [0.3, 0.4) is 0 Å². The summed E-state index contributed by atoms with van der Waals surface area (Å²) in [7, 11) is 0. The van der Waals surface area contributed by atoms with Gasteiger partial charge in [0.05, 0.1) is 11.2 Å². The van der Waals surface area contributed by atoms with Crippen LogP contribution in [0.2, 0.25) is 0 Å². The molecule has 1 heterocycles. The predicted molar refractivity (Wildman–Crippen MR) is 97.3 cm³/mol. The molecule has 0 spiro atoms. The molecule has 0 aliphatic rings. The fraction of sp³-hybridized carbons (Fsp3) is 0.0500. The first-order chi connectivity index (χ1) is 12.6. The molecule has 1 atom stereocenters. The Labute approximate surface area is 149 Å². The van der Waals surface area contributed by atoms with Gasteiger partial charge < -0.3 is 9.73 Å². The molecule has 0 aliphatic heterocycles. The minimum absolute atomic E-state index is 0.00793. The van der Waals surface area contributed by atoms with Crippen LogP contribution in [0.15, 0.2) is 83.5 Å². The van der Waals surface area contributed by atoms with Gasteiger partial charge in [-0.15, -0.1) is 0 Å². The summed E-state index contributed by atoms with van der Waals surface area (Å²) in [6.45, 7) is 0. The normalized spacial score (nSPS) is 12.0. The number of amides is 1. The maximum Gasteiger partial charge on any atom is 0.269 e. The summed E-state index contributed by atoms with van der Waals surface area (Å²) in [5.74, 6) is 0.335. The minimum Gasteiger partial charge on any atom is -0.467 e. The van der Waals surface area contributed by atoms with Gasteiger partial charge in [-0.25, -0.2) is 0 Å². The molecule has 130 valence electrons. The number of rotatable bonds is 6. The van der Waals surface area contributed by atoms with E-state index in [-0.39, 0.29) is 11.6 Å². The first-order valence-corrected chi connectivity index (χ1v) is 7.95. The van der Waals surface area contributed by atoms with Gasteiger partial charge in [0.15, 0.2) is 0 Å². The standard InChI is InChI=1S/C20H16N2O4/c23-19(13-10-15-8-11-17(12-9-15)22(24)25)21-20(18-7-4-14-26-18)16-5-2-1-3-6-16/h1-14,20H,(H,21,23)/b13-10+. The molecule has 0 fully saturated rings. The molecule has 6 nitrogen and oxygen atoms in total. The lowest BCUT2D eigenvalue weighted by molar-refractivity contribution is -0.384. The van der Waals surface area contributed by atoms with Gasteiger partial charge in [-0.05, 0) is 41.5 Å². The van der Waals surface area contributed by atoms with Crippen LogP contribution in [0, 0.1) is 10.1 Å². The van der Waals surface area contributed by atoms with Crippen LogP contribution >= 0.6 is 0 Å². The van der Waals surface area contributed by atoms with E-state index in [0.717, 1.165) is 5.56 Å². The predicted octanol–water partition coefficient (Wildman–Crippen LogP) is 4.11. The van der Waals surface area contributed by atoms with Crippen LogP contribution in [0.4, 0.5) is 5.69 Å². The third kappa shape index (κ3) is 4.24. The number of nitro groups is 1. The third-order valence-electron chi connectivity index (χ3n) is 3.78. The molecule has 3 aromatic rings. The fourth-order valence-electron chi connectivity index (χ4n) is 2.49. The highest BCUT2D eigenvalue weighted by atomic mass is 16.6. The molecule has 0 saturated carbocycles. The van der Waals surface area contributed by atoms with Gasteiger partial charge in [0, 0.05) is 18.2 Å². The van der Waals surface area contributed by atoms with E-state index in [1.807, 2.05) is 30.3 Å². The van der Waals surface area contributed by atoms with Crippen LogP contribution in [-0.4, -0.2) is 10.8 Å². The van der Waals surface area contributed by atoms with Gasteiger partial charge in [-0.2, -0.15) is 0 Å². The van der Waals surface area contributed by atoms with Crippen LogP contribution < -0.4 is 5.32 Å². The van der Waals surface area contributed by atoms with Crippen molar-refractivity contribution in [3.8, 4) is 0 Å². The summed E-state index contributed by atoms with van der Waals surface area (Å²) < 4.78 is 5.45. The van der Waals surface area contributed by atoms with E-state index in [1.165, 1.54) is 18.2 Å². The van der Waals surface area contributed by atoms with Gasteiger partial charge in [-0.1, -0.05) is 30.3 Å². The Bertz CT molecular complexity index is 901. The second-order valence-corrected chi connectivity index (χ2v) is 5.55. The molecule has 1 unspecified atom stereocenters. The average Bonchev–Trinajstić information content (AvgIpc) is 3.20. The number of nitro benzene ring substituents is 1. The van der Waals surface area contributed by atoms with Crippen molar-refractivity contribution >= 4 is 17.7 Å². The third-order valence-corrected chi connectivity index (χ3v) is 3.78. The summed E-state index contributed by atoms with van der Waals surface area (Å²) >= 11 is 0. The van der Waals surface area contributed by atoms with Crippen molar-refractivity contribution in [3.63, 3.8) is 0 Å². The molecule has 0 aliphatic carbocycles. The molecule has 3 rings (SSSR count). The topological polar surface area (TPSA) is 85.4 Å². The number of hydrogen-bond acceptors (Lipinski definition) is 4. The molecule has 26 heavy (non-hydrogen) atoms. The van der Waals surface area contributed by atoms with Gasteiger partial charge in [0.1, 0.15) is 11.8 Å². The number of nitrogens with one attached hydrogen (secondary N) is 1. The van der Waals surface area contributed by atoms with E-state index in [4.69, 9.17) is 4.42 Å². The monoisotopic (exact) mass is 348 g/mol. The number of benzene rings is 2. The maximum absolute atomic E-state index is 12.3. The average molecular weight is 348 g/mol. The molecule has 6 heteroatoms. The molecule has 0 radical (unpaired) electrons. The maximum atomic E-state index is 12.3. The van der Waals surface area contributed by atoms with E-state index in [2.05, 4.69) is 5.32 Å². The molecular weight excluding hydrogens is 332 g/mol. The van der Waals surface area contributed by atoms with Crippen molar-refractivity contribution < 1.29 is 14.1 Å². The summed E-state index contributed by atoms with van der Waals surface area (Å²) in [6, 6.07) is 18.6. The van der Waals surface area contributed by atoms with Crippen molar-refractivity contribution in [3.05, 3.63) is 106 Å². The lowest BCUT2D eigenvalue weighted by atomic mass is 10.0. The Morgan fingerprint density at radius 1 is 1.04 bits per heavy atom. The van der Waals surface area contributed by atoms with Crippen molar-refractivity contribution in [1.29, 1.82) is 0 Å². The molecule has 1 amide bonds. The Hall–Kier alpha value is -3.67. The highest BCUT2D eigenvalue weighted by Crippen LogP contribution is 2.22. The summed E-state index contributed by atoms with van der Waals surface area (Å²) in [6.07, 6.45) is 4.55. The van der Waals surface area contributed by atoms with E-state index >= 15 is 0 Å². The van der Waals surface area contributed by atoms with E-state index in [0.29, 0.717) is 11.3 Å². The molecular formula is C20H16N2O4. The number of furan rings is 1. The van der Waals surface area contributed by atoms with Crippen LogP contribution in [-0.2, 0) is 4.79 Å². The zero-order valence-corrected chi connectivity index (χ0v) is 13.7. The Morgan fingerprint density at radius 2 is 1.77 bits per heavy atom. The largest absolute Gasteiger partial charge is 0.467 e. The number of nitrogens with zero attached hydrogens (tertiary/aromatic N) is 1. The van der Waals surface area contributed by atoms with Crippen molar-refractivity contribution in [2.75, 3.05) is 0 Å². The zero-order valence-electron chi connectivity index (χ0n) is 13.7. The first kappa shape index (κ1) is 17.2. The zero-order chi connectivity index (χ0) is 18.4. The number of non-ortho nitro benzene ring substituents is 1. The van der Waals surface area contributed by atoms with Crippen molar-refractivity contribution in [2.24, 2.45) is 0 Å². The van der Waals surface area contributed by atoms with Gasteiger partial charge in [0.2, 0.25) is 5.91 Å². The SMILES string of the molecule is O=C(/C=C/c1ccc([N+](=O)[O-])cc1)NC(c1ccccc1)c1ccco1. The highest BCUT2D eigenvalue weighted by molar-refractivity contribution is 5.92. The van der Waals surface area contributed by atoms with Crippen LogP contribution in [0.25, 0.3) is 6.08 Å². The van der Waals surface area contributed by atoms with E-state index < -0.39 is 11.0 Å². The number of carbonyl (C=O) groups excluding carboxylic acids is 1. The second kappa shape index (κ2) is 7.94.